The summed E-state index contributed by atoms with van der Waals surface area (Å²) in [5, 5.41) is 5.78. The Balaban J connectivity index is 1.26. The molecule has 0 N–H and O–H groups in total. The molecule has 2 aromatic heterocycles. The van der Waals surface area contributed by atoms with E-state index in [1.54, 1.807) is 23.5 Å². The lowest BCUT2D eigenvalue weighted by atomic mass is 10.0. The van der Waals surface area contributed by atoms with Crippen LogP contribution >= 0.6 is 11.3 Å². The first kappa shape index (κ1) is 18.0. The van der Waals surface area contributed by atoms with Crippen molar-refractivity contribution in [2.45, 2.75) is 18.9 Å². The minimum atomic E-state index is -0.232. The summed E-state index contributed by atoms with van der Waals surface area (Å²) in [7, 11) is 2.23. The summed E-state index contributed by atoms with van der Waals surface area (Å²) in [4.78, 5) is 13.0. The number of nitrogens with zero attached hydrogens (tertiary/aromatic N) is 6. The van der Waals surface area contributed by atoms with Gasteiger partial charge in [-0.25, -0.2) is 13.9 Å². The van der Waals surface area contributed by atoms with Crippen LogP contribution in [0.15, 0.2) is 30.5 Å². The van der Waals surface area contributed by atoms with E-state index in [9.17, 15) is 4.39 Å². The Hall–Kier alpha value is -2.03. The molecule has 2 aliphatic rings. The number of rotatable bonds is 3. The van der Waals surface area contributed by atoms with Crippen LogP contribution in [0.3, 0.4) is 0 Å². The lowest BCUT2D eigenvalue weighted by molar-refractivity contribution is 0.106. The van der Waals surface area contributed by atoms with Crippen LogP contribution in [0.2, 0.25) is 0 Å². The van der Waals surface area contributed by atoms with Crippen LogP contribution in [-0.4, -0.2) is 76.8 Å². The van der Waals surface area contributed by atoms with Gasteiger partial charge in [-0.1, -0.05) is 11.3 Å². The molecule has 6 nitrogen and oxygen atoms in total. The molecule has 2 fully saturated rings. The van der Waals surface area contributed by atoms with Gasteiger partial charge in [-0.05, 0) is 50.7 Å². The highest BCUT2D eigenvalue weighted by molar-refractivity contribution is 7.20. The summed E-state index contributed by atoms with van der Waals surface area (Å²) in [6.45, 7) is 6.65. The van der Waals surface area contributed by atoms with Gasteiger partial charge >= 0.3 is 0 Å². The standard InChI is InChI=1S/C20H25FN6S/c1-24-8-2-3-17(13-24)25-9-11-26(12-10-25)20-23-27-14-18(22-19(27)28-20)15-4-6-16(21)7-5-15/h4-7,14,17H,2-3,8-13H2,1H3. The van der Waals surface area contributed by atoms with Crippen LogP contribution < -0.4 is 4.90 Å². The third-order valence-corrected chi connectivity index (χ3v) is 6.86. The third-order valence-electron chi connectivity index (χ3n) is 5.87. The van der Waals surface area contributed by atoms with Crippen molar-refractivity contribution in [3.05, 3.63) is 36.3 Å². The molecule has 0 aliphatic carbocycles. The van der Waals surface area contributed by atoms with Crippen molar-refractivity contribution in [2.75, 3.05) is 51.2 Å². The van der Waals surface area contributed by atoms with Crippen molar-refractivity contribution in [2.24, 2.45) is 0 Å². The number of likely N-dealkylation sites (N-methyl/N-ethyl adjacent to an activating group) is 1. The zero-order valence-corrected chi connectivity index (χ0v) is 16.9. The Morgan fingerprint density at radius 1 is 1.07 bits per heavy atom. The van der Waals surface area contributed by atoms with Gasteiger partial charge in [-0.15, -0.1) is 5.10 Å². The molecule has 0 bridgehead atoms. The van der Waals surface area contributed by atoms with E-state index in [4.69, 9.17) is 5.10 Å². The van der Waals surface area contributed by atoms with Gasteiger partial charge in [0.15, 0.2) is 0 Å². The van der Waals surface area contributed by atoms with Gasteiger partial charge in [0.1, 0.15) is 5.82 Å². The van der Waals surface area contributed by atoms with E-state index in [1.165, 1.54) is 38.1 Å². The number of hydrogen-bond acceptors (Lipinski definition) is 6. The zero-order chi connectivity index (χ0) is 19.1. The second-order valence-electron chi connectivity index (χ2n) is 7.83. The zero-order valence-electron chi connectivity index (χ0n) is 16.1. The van der Waals surface area contributed by atoms with E-state index in [0.29, 0.717) is 6.04 Å². The van der Waals surface area contributed by atoms with E-state index >= 15 is 0 Å². The predicted molar refractivity (Wildman–Crippen MR) is 111 cm³/mol. The smallest absolute Gasteiger partial charge is 0.214 e. The molecule has 2 saturated heterocycles. The van der Waals surface area contributed by atoms with Crippen molar-refractivity contribution in [3.63, 3.8) is 0 Å². The fraction of sp³-hybridized carbons (Fsp3) is 0.500. The van der Waals surface area contributed by atoms with Crippen LogP contribution in [0.5, 0.6) is 0 Å². The molecular formula is C20H25FN6S. The number of piperidine rings is 1. The molecule has 3 aromatic rings. The van der Waals surface area contributed by atoms with Crippen LogP contribution in [-0.2, 0) is 0 Å². The highest BCUT2D eigenvalue weighted by Crippen LogP contribution is 2.28. The van der Waals surface area contributed by atoms with Crippen LogP contribution in [0.4, 0.5) is 9.52 Å². The monoisotopic (exact) mass is 400 g/mol. The van der Waals surface area contributed by atoms with Crippen LogP contribution in [0, 0.1) is 5.82 Å². The minimum absolute atomic E-state index is 0.232. The molecule has 0 saturated carbocycles. The fourth-order valence-corrected chi connectivity index (χ4v) is 5.23. The van der Waals surface area contributed by atoms with Gasteiger partial charge in [-0.3, -0.25) is 4.90 Å². The second-order valence-corrected chi connectivity index (χ2v) is 8.76. The Morgan fingerprint density at radius 3 is 2.57 bits per heavy atom. The summed E-state index contributed by atoms with van der Waals surface area (Å²) in [5.74, 6) is -0.232. The van der Waals surface area contributed by atoms with E-state index in [0.717, 1.165) is 47.5 Å². The number of halogens is 1. The normalized spacial score (nSPS) is 22.2. The topological polar surface area (TPSA) is 39.9 Å². The highest BCUT2D eigenvalue weighted by Gasteiger charge is 2.28. The summed E-state index contributed by atoms with van der Waals surface area (Å²) in [6, 6.07) is 7.14. The average Bonchev–Trinajstić information content (AvgIpc) is 3.28. The fourth-order valence-electron chi connectivity index (χ4n) is 4.29. The van der Waals surface area contributed by atoms with Crippen molar-refractivity contribution < 1.29 is 4.39 Å². The molecule has 0 spiro atoms. The quantitative estimate of drug-likeness (QED) is 0.676. The minimum Gasteiger partial charge on any atom is -0.344 e. The van der Waals surface area contributed by atoms with Gasteiger partial charge in [0.25, 0.3) is 0 Å². The summed E-state index contributed by atoms with van der Waals surface area (Å²) < 4.78 is 15.0. The van der Waals surface area contributed by atoms with Crippen LogP contribution in [0.25, 0.3) is 16.2 Å². The van der Waals surface area contributed by atoms with Gasteiger partial charge < -0.3 is 9.80 Å². The number of anilines is 1. The number of benzene rings is 1. The molecule has 1 unspecified atom stereocenters. The largest absolute Gasteiger partial charge is 0.344 e. The molecule has 4 heterocycles. The van der Waals surface area contributed by atoms with E-state index in [-0.39, 0.29) is 5.82 Å². The van der Waals surface area contributed by atoms with Crippen molar-refractivity contribution in [1.29, 1.82) is 0 Å². The molecular weight excluding hydrogens is 375 g/mol. The van der Waals surface area contributed by atoms with Gasteiger partial charge in [-0.2, -0.15) is 0 Å². The number of likely N-dealkylation sites (tertiary alicyclic amines) is 1. The number of hydrogen-bond donors (Lipinski definition) is 0. The molecule has 5 rings (SSSR count). The summed E-state index contributed by atoms with van der Waals surface area (Å²) in [5.41, 5.74) is 1.74. The second kappa shape index (κ2) is 7.42. The Bertz CT molecular complexity index is 912. The third kappa shape index (κ3) is 3.52. The first-order chi connectivity index (χ1) is 13.7. The number of fused-ring (bicyclic) bond motifs is 1. The Labute approximate surface area is 168 Å². The molecule has 1 aromatic carbocycles. The number of aromatic nitrogens is 3. The SMILES string of the molecule is CN1CCCC(N2CCN(c3nn4cc(-c5ccc(F)cc5)nc4s3)CC2)C1. The molecule has 2 aliphatic heterocycles. The van der Waals surface area contributed by atoms with E-state index < -0.39 is 0 Å². The van der Waals surface area contributed by atoms with Crippen LogP contribution in [0.1, 0.15) is 12.8 Å². The van der Waals surface area contributed by atoms with Gasteiger partial charge in [0.2, 0.25) is 10.1 Å². The van der Waals surface area contributed by atoms with E-state index in [2.05, 4.69) is 26.7 Å². The molecule has 0 amide bonds. The maximum absolute atomic E-state index is 13.1. The summed E-state index contributed by atoms with van der Waals surface area (Å²) >= 11 is 1.63. The van der Waals surface area contributed by atoms with Crippen molar-refractivity contribution in [1.82, 2.24) is 24.4 Å². The lowest BCUT2D eigenvalue weighted by Gasteiger charge is -2.42. The van der Waals surface area contributed by atoms with Gasteiger partial charge in [0.05, 0.1) is 11.9 Å². The van der Waals surface area contributed by atoms with E-state index in [1.807, 2.05) is 10.7 Å². The average molecular weight is 401 g/mol. The Kier molecular flexibility index (Phi) is 4.78. The van der Waals surface area contributed by atoms with Gasteiger partial charge in [0, 0.05) is 44.3 Å². The summed E-state index contributed by atoms with van der Waals surface area (Å²) in [6.07, 6.45) is 4.56. The maximum atomic E-state index is 13.1. The number of piperazine rings is 1. The Morgan fingerprint density at radius 2 is 1.86 bits per heavy atom. The molecule has 0 radical (unpaired) electrons. The van der Waals surface area contributed by atoms with Crippen molar-refractivity contribution in [3.8, 4) is 11.3 Å². The molecule has 8 heteroatoms. The predicted octanol–water partition coefficient (Wildman–Crippen LogP) is 2.81. The lowest BCUT2D eigenvalue weighted by Crippen LogP contribution is -2.54. The highest BCUT2D eigenvalue weighted by atomic mass is 32.1. The molecule has 28 heavy (non-hydrogen) atoms. The number of imidazole rings is 1. The molecule has 148 valence electrons. The maximum Gasteiger partial charge on any atom is 0.214 e. The van der Waals surface area contributed by atoms with Crippen molar-refractivity contribution >= 4 is 21.4 Å². The first-order valence-corrected chi connectivity index (χ1v) is 10.8. The first-order valence-electron chi connectivity index (χ1n) is 9.95. The molecule has 1 atom stereocenters.